The van der Waals surface area contributed by atoms with Crippen molar-refractivity contribution in [3.63, 3.8) is 0 Å². The molecule has 0 saturated heterocycles. The minimum atomic E-state index is -0.325. The molecule has 3 heteroatoms. The van der Waals surface area contributed by atoms with Gasteiger partial charge in [0.15, 0.2) is 5.78 Å². The lowest BCUT2D eigenvalue weighted by Gasteiger charge is -2.19. The number of hydrogen-bond donors (Lipinski definition) is 1. The van der Waals surface area contributed by atoms with Crippen molar-refractivity contribution in [1.82, 2.24) is 5.32 Å². The van der Waals surface area contributed by atoms with Crippen molar-refractivity contribution in [2.45, 2.75) is 124 Å². The summed E-state index contributed by atoms with van der Waals surface area (Å²) in [5.41, 5.74) is 0. The smallest absolute Gasteiger partial charge is 0.220 e. The molecule has 148 valence electrons. The number of Topliss-reactive ketones (excluding diaryl/α,β-unsaturated/α-hetero) is 1. The summed E-state index contributed by atoms with van der Waals surface area (Å²) >= 11 is 0. The van der Waals surface area contributed by atoms with Crippen LogP contribution in [0.4, 0.5) is 0 Å². The van der Waals surface area contributed by atoms with Crippen LogP contribution in [0.5, 0.6) is 0 Å². The Morgan fingerprint density at radius 3 is 1.48 bits per heavy atom. The Bertz CT molecular complexity index is 339. The molecule has 0 bridgehead atoms. The Kier molecular flexibility index (Phi) is 16.0. The minimum absolute atomic E-state index is 0.0250. The van der Waals surface area contributed by atoms with E-state index in [1.54, 1.807) is 6.92 Å². The van der Waals surface area contributed by atoms with Gasteiger partial charge < -0.3 is 5.32 Å². The van der Waals surface area contributed by atoms with Gasteiger partial charge in [-0.05, 0) is 19.3 Å². The second kappa shape index (κ2) is 16.6. The number of nitrogens with one attached hydrogen (secondary N) is 1. The van der Waals surface area contributed by atoms with Crippen LogP contribution in [0.2, 0.25) is 0 Å². The third kappa shape index (κ3) is 15.1. The number of rotatable bonds is 17. The van der Waals surface area contributed by atoms with E-state index in [9.17, 15) is 9.59 Å². The lowest BCUT2D eigenvalue weighted by atomic mass is 10.0. The van der Waals surface area contributed by atoms with Crippen LogP contribution in [0, 0.1) is 5.92 Å². The van der Waals surface area contributed by atoms with Gasteiger partial charge in [0.2, 0.25) is 5.91 Å². The van der Waals surface area contributed by atoms with Crippen LogP contribution in [0.1, 0.15) is 118 Å². The van der Waals surface area contributed by atoms with Gasteiger partial charge >= 0.3 is 0 Å². The van der Waals surface area contributed by atoms with Gasteiger partial charge in [-0.3, -0.25) is 9.59 Å². The van der Waals surface area contributed by atoms with Crippen molar-refractivity contribution >= 4 is 11.7 Å². The minimum Gasteiger partial charge on any atom is -0.346 e. The van der Waals surface area contributed by atoms with Crippen molar-refractivity contribution in [3.05, 3.63) is 0 Å². The van der Waals surface area contributed by atoms with Crippen molar-refractivity contribution in [1.29, 1.82) is 0 Å². The van der Waals surface area contributed by atoms with Gasteiger partial charge in [0.05, 0.1) is 6.04 Å². The van der Waals surface area contributed by atoms with Crippen LogP contribution in [0.25, 0.3) is 0 Å². The molecule has 1 N–H and O–H groups in total. The number of ketones is 1. The second-order valence-electron chi connectivity index (χ2n) is 7.89. The summed E-state index contributed by atoms with van der Waals surface area (Å²) in [5, 5.41) is 2.87. The number of amides is 1. The summed E-state index contributed by atoms with van der Waals surface area (Å²) in [7, 11) is 0. The zero-order valence-electron chi connectivity index (χ0n) is 17.4. The molecule has 0 aromatic rings. The monoisotopic (exact) mass is 353 g/mol. The molecule has 1 atom stereocenters. The van der Waals surface area contributed by atoms with Gasteiger partial charge in [0, 0.05) is 6.42 Å². The molecule has 3 nitrogen and oxygen atoms in total. The van der Waals surface area contributed by atoms with E-state index in [2.05, 4.69) is 12.2 Å². The maximum atomic E-state index is 11.9. The molecule has 0 heterocycles. The highest BCUT2D eigenvalue weighted by Gasteiger charge is 2.19. The molecule has 0 rings (SSSR count). The van der Waals surface area contributed by atoms with Crippen LogP contribution in [0.15, 0.2) is 0 Å². The first-order valence-corrected chi connectivity index (χ1v) is 10.8. The maximum absolute atomic E-state index is 11.9. The van der Waals surface area contributed by atoms with Crippen molar-refractivity contribution in [2.24, 2.45) is 5.92 Å². The average molecular weight is 354 g/mol. The molecule has 0 aliphatic rings. The van der Waals surface area contributed by atoms with Crippen molar-refractivity contribution in [2.75, 3.05) is 0 Å². The van der Waals surface area contributed by atoms with Crippen LogP contribution in [-0.2, 0) is 9.59 Å². The summed E-state index contributed by atoms with van der Waals surface area (Å²) in [6.45, 7) is 7.76. The van der Waals surface area contributed by atoms with E-state index < -0.39 is 0 Å². The summed E-state index contributed by atoms with van der Waals surface area (Å²) in [6, 6.07) is -0.325. The van der Waals surface area contributed by atoms with Crippen LogP contribution >= 0.6 is 0 Å². The molecular weight excluding hydrogens is 310 g/mol. The highest BCUT2D eigenvalue weighted by molar-refractivity contribution is 5.87. The molecule has 0 radical (unpaired) electrons. The van der Waals surface area contributed by atoms with E-state index in [1.165, 1.54) is 70.6 Å². The molecule has 25 heavy (non-hydrogen) atoms. The molecule has 0 aliphatic carbocycles. The highest BCUT2D eigenvalue weighted by Crippen LogP contribution is 2.13. The molecular formula is C22H43NO2. The average Bonchev–Trinajstić information content (AvgIpc) is 2.56. The van der Waals surface area contributed by atoms with E-state index in [1.807, 2.05) is 13.8 Å². The Morgan fingerprint density at radius 2 is 1.12 bits per heavy atom. The summed E-state index contributed by atoms with van der Waals surface area (Å²) in [5.74, 6) is 0.235. The third-order valence-electron chi connectivity index (χ3n) is 4.93. The highest BCUT2D eigenvalue weighted by atomic mass is 16.2. The second-order valence-corrected chi connectivity index (χ2v) is 7.89. The lowest BCUT2D eigenvalue weighted by Crippen LogP contribution is -2.43. The number of unbranched alkanes of at least 4 members (excludes halogenated alkanes) is 12. The van der Waals surface area contributed by atoms with Crippen molar-refractivity contribution < 1.29 is 9.59 Å². The lowest BCUT2D eigenvalue weighted by molar-refractivity contribution is -0.127. The van der Waals surface area contributed by atoms with Gasteiger partial charge in [0.25, 0.3) is 0 Å². The molecule has 0 spiro atoms. The first kappa shape index (κ1) is 24.1. The quantitative estimate of drug-likeness (QED) is 0.316. The van der Waals surface area contributed by atoms with E-state index in [0.717, 1.165) is 12.8 Å². The van der Waals surface area contributed by atoms with Crippen LogP contribution in [-0.4, -0.2) is 17.7 Å². The summed E-state index contributed by atoms with van der Waals surface area (Å²) in [6.07, 6.45) is 17.6. The van der Waals surface area contributed by atoms with Gasteiger partial charge in [-0.1, -0.05) is 97.8 Å². The van der Waals surface area contributed by atoms with E-state index in [0.29, 0.717) is 6.42 Å². The molecule has 1 amide bonds. The molecule has 0 unspecified atom stereocenters. The van der Waals surface area contributed by atoms with Crippen molar-refractivity contribution in [3.8, 4) is 0 Å². The van der Waals surface area contributed by atoms with Gasteiger partial charge in [-0.25, -0.2) is 0 Å². The van der Waals surface area contributed by atoms with E-state index >= 15 is 0 Å². The zero-order valence-corrected chi connectivity index (χ0v) is 17.4. The fraction of sp³-hybridized carbons (Fsp3) is 0.909. The fourth-order valence-electron chi connectivity index (χ4n) is 3.29. The topological polar surface area (TPSA) is 46.2 Å². The fourth-order valence-corrected chi connectivity index (χ4v) is 3.29. The molecule has 0 saturated carbocycles. The Morgan fingerprint density at radius 1 is 0.720 bits per heavy atom. The standard InChI is InChI=1S/C22H43NO2/c1-5-6-7-8-9-10-11-12-13-14-15-16-17-18-21(25)23-22(19(2)3)20(4)24/h19,22H,5-18H2,1-4H3,(H,23,25)/t22-/m0/s1. The number of carbonyl (C=O) groups is 2. The first-order chi connectivity index (χ1) is 12.0. The van der Waals surface area contributed by atoms with Gasteiger partial charge in [-0.2, -0.15) is 0 Å². The SMILES string of the molecule is CCCCCCCCCCCCCCCC(=O)N[C@H](C(C)=O)C(C)C. The number of carbonyl (C=O) groups excluding carboxylic acids is 2. The predicted octanol–water partition coefficient (Wildman–Crippen LogP) is 6.20. The summed E-state index contributed by atoms with van der Waals surface area (Å²) < 4.78 is 0. The normalized spacial score (nSPS) is 12.4. The van der Waals surface area contributed by atoms with E-state index in [-0.39, 0.29) is 23.7 Å². The molecule has 0 aromatic heterocycles. The van der Waals surface area contributed by atoms with Gasteiger partial charge in [0.1, 0.15) is 0 Å². The molecule has 0 aromatic carbocycles. The molecule has 0 aliphatic heterocycles. The van der Waals surface area contributed by atoms with Gasteiger partial charge in [-0.15, -0.1) is 0 Å². The first-order valence-electron chi connectivity index (χ1n) is 10.8. The van der Waals surface area contributed by atoms with Crippen LogP contribution in [0.3, 0.4) is 0 Å². The Hall–Kier alpha value is -0.860. The third-order valence-corrected chi connectivity index (χ3v) is 4.93. The molecule has 0 fully saturated rings. The largest absolute Gasteiger partial charge is 0.346 e. The van der Waals surface area contributed by atoms with E-state index in [4.69, 9.17) is 0 Å². The maximum Gasteiger partial charge on any atom is 0.220 e. The summed E-state index contributed by atoms with van der Waals surface area (Å²) in [4.78, 5) is 23.4. The zero-order chi connectivity index (χ0) is 18.9. The van der Waals surface area contributed by atoms with Crippen LogP contribution < -0.4 is 5.32 Å². The Balaban J connectivity index is 3.40. The Labute approximate surface area is 156 Å². The number of hydrogen-bond acceptors (Lipinski definition) is 2. The predicted molar refractivity (Wildman–Crippen MR) is 108 cm³/mol.